The maximum absolute atomic E-state index is 13.1. The Morgan fingerprint density at radius 1 is 1.11 bits per heavy atom. The molecule has 5 heteroatoms. The number of nitrogens with zero attached hydrogens (tertiary/aromatic N) is 2. The molecular formula is C22H25N3O2. The molecule has 1 aromatic heterocycles. The van der Waals surface area contributed by atoms with Crippen LogP contribution in [0.5, 0.6) is 0 Å². The molecule has 0 radical (unpaired) electrons. The van der Waals surface area contributed by atoms with Gasteiger partial charge in [-0.05, 0) is 30.0 Å². The minimum atomic E-state index is -0.302. The van der Waals surface area contributed by atoms with Gasteiger partial charge in [0.25, 0.3) is 0 Å². The van der Waals surface area contributed by atoms with Crippen LogP contribution >= 0.6 is 0 Å². The van der Waals surface area contributed by atoms with E-state index in [0.29, 0.717) is 6.54 Å². The number of hydrogen-bond acceptors (Lipinski definition) is 3. The Balaban J connectivity index is 1.47. The molecule has 2 amide bonds. The number of pyridine rings is 1. The molecule has 140 valence electrons. The van der Waals surface area contributed by atoms with Crippen molar-refractivity contribution in [1.29, 1.82) is 0 Å². The predicted octanol–water partition coefficient (Wildman–Crippen LogP) is 3.23. The monoisotopic (exact) mass is 363 g/mol. The summed E-state index contributed by atoms with van der Waals surface area (Å²) >= 11 is 0. The van der Waals surface area contributed by atoms with E-state index in [9.17, 15) is 9.59 Å². The lowest BCUT2D eigenvalue weighted by Crippen LogP contribution is -2.65. The normalized spacial score (nSPS) is 21.0. The standard InChI is InChI=1S/C22H25N3O2/c26-19(24-15-17-8-7-13-23-14-17)16-25-20(18-9-3-1-4-10-18)22(21(25)27)11-5-2-6-12-22/h1,3-4,7-10,13-14,20H,2,5-6,11-12,15-16H2,(H,24,26). The van der Waals surface area contributed by atoms with Crippen molar-refractivity contribution in [1.82, 2.24) is 15.2 Å². The van der Waals surface area contributed by atoms with Crippen LogP contribution in [-0.2, 0) is 16.1 Å². The first kappa shape index (κ1) is 17.7. The number of likely N-dealkylation sites (tertiary alicyclic amines) is 1. The van der Waals surface area contributed by atoms with E-state index < -0.39 is 0 Å². The van der Waals surface area contributed by atoms with E-state index in [0.717, 1.165) is 36.8 Å². The molecule has 2 aromatic rings. The van der Waals surface area contributed by atoms with Crippen molar-refractivity contribution in [2.75, 3.05) is 6.54 Å². The lowest BCUT2D eigenvalue weighted by molar-refractivity contribution is -0.180. The molecule has 1 aliphatic heterocycles. The molecule has 1 saturated carbocycles. The van der Waals surface area contributed by atoms with Crippen molar-refractivity contribution in [3.8, 4) is 0 Å². The highest BCUT2D eigenvalue weighted by atomic mass is 16.2. The zero-order chi connectivity index (χ0) is 18.7. The average Bonchev–Trinajstić information content (AvgIpc) is 2.74. The fourth-order valence-corrected chi connectivity index (χ4v) is 4.63. The molecule has 2 heterocycles. The highest BCUT2D eigenvalue weighted by Gasteiger charge is 2.60. The summed E-state index contributed by atoms with van der Waals surface area (Å²) in [6, 6.07) is 13.9. The van der Waals surface area contributed by atoms with Crippen molar-refractivity contribution in [3.63, 3.8) is 0 Å². The van der Waals surface area contributed by atoms with Gasteiger partial charge in [0.05, 0.1) is 11.5 Å². The maximum Gasteiger partial charge on any atom is 0.239 e. The Labute approximate surface area is 159 Å². The lowest BCUT2D eigenvalue weighted by atomic mass is 9.60. The van der Waals surface area contributed by atoms with Gasteiger partial charge in [0.1, 0.15) is 6.54 Å². The van der Waals surface area contributed by atoms with Gasteiger partial charge in [0.15, 0.2) is 0 Å². The largest absolute Gasteiger partial charge is 0.350 e. The molecule has 4 rings (SSSR count). The van der Waals surface area contributed by atoms with Crippen molar-refractivity contribution in [2.45, 2.75) is 44.7 Å². The summed E-state index contributed by atoms with van der Waals surface area (Å²) in [5, 5.41) is 2.91. The molecule has 1 aromatic carbocycles. The van der Waals surface area contributed by atoms with Crippen LogP contribution < -0.4 is 5.32 Å². The number of rotatable bonds is 5. The van der Waals surface area contributed by atoms with Gasteiger partial charge in [-0.3, -0.25) is 14.6 Å². The number of amides is 2. The second-order valence-electron chi connectivity index (χ2n) is 7.60. The van der Waals surface area contributed by atoms with Crippen LogP contribution in [0.2, 0.25) is 0 Å². The molecule has 1 unspecified atom stereocenters. The van der Waals surface area contributed by atoms with Crippen LogP contribution in [0.1, 0.15) is 49.3 Å². The Kier molecular flexibility index (Phi) is 4.92. The van der Waals surface area contributed by atoms with Gasteiger partial charge >= 0.3 is 0 Å². The average molecular weight is 363 g/mol. The molecule has 0 bridgehead atoms. The zero-order valence-corrected chi connectivity index (χ0v) is 15.4. The third-order valence-corrected chi connectivity index (χ3v) is 5.91. The van der Waals surface area contributed by atoms with Gasteiger partial charge in [-0.25, -0.2) is 0 Å². The topological polar surface area (TPSA) is 62.3 Å². The summed E-state index contributed by atoms with van der Waals surface area (Å²) < 4.78 is 0. The van der Waals surface area contributed by atoms with Gasteiger partial charge in [-0.1, -0.05) is 55.7 Å². The van der Waals surface area contributed by atoms with E-state index in [4.69, 9.17) is 0 Å². The molecule has 1 N–H and O–H groups in total. The van der Waals surface area contributed by atoms with Gasteiger partial charge < -0.3 is 10.2 Å². The zero-order valence-electron chi connectivity index (χ0n) is 15.4. The third-order valence-electron chi connectivity index (χ3n) is 5.91. The predicted molar refractivity (Wildman–Crippen MR) is 102 cm³/mol. The molecular weight excluding hydrogens is 338 g/mol. The molecule has 1 atom stereocenters. The van der Waals surface area contributed by atoms with E-state index in [1.807, 2.05) is 30.3 Å². The second-order valence-corrected chi connectivity index (χ2v) is 7.60. The van der Waals surface area contributed by atoms with Crippen molar-refractivity contribution in [2.24, 2.45) is 5.41 Å². The first-order valence-electron chi connectivity index (χ1n) is 9.72. The number of carbonyl (C=O) groups is 2. The molecule has 1 aliphatic carbocycles. The van der Waals surface area contributed by atoms with E-state index in [1.54, 1.807) is 17.3 Å². The van der Waals surface area contributed by atoms with Gasteiger partial charge in [0, 0.05) is 18.9 Å². The maximum atomic E-state index is 13.1. The highest BCUT2D eigenvalue weighted by Crippen LogP contribution is 2.57. The number of β-lactam (4-membered cyclic amide) rings is 1. The highest BCUT2D eigenvalue weighted by molar-refractivity contribution is 5.94. The summed E-state index contributed by atoms with van der Waals surface area (Å²) in [4.78, 5) is 31.4. The van der Waals surface area contributed by atoms with Crippen molar-refractivity contribution >= 4 is 11.8 Å². The second kappa shape index (κ2) is 7.51. The number of hydrogen-bond donors (Lipinski definition) is 1. The van der Waals surface area contributed by atoms with Crippen LogP contribution in [0.4, 0.5) is 0 Å². The molecule has 1 saturated heterocycles. The summed E-state index contributed by atoms with van der Waals surface area (Å²) in [6.07, 6.45) is 8.68. The van der Waals surface area contributed by atoms with Crippen LogP contribution in [0.15, 0.2) is 54.9 Å². The van der Waals surface area contributed by atoms with Crippen LogP contribution in [0.3, 0.4) is 0 Å². The fourth-order valence-electron chi connectivity index (χ4n) is 4.63. The fraction of sp³-hybridized carbons (Fsp3) is 0.409. The smallest absolute Gasteiger partial charge is 0.239 e. The quantitative estimate of drug-likeness (QED) is 0.830. The van der Waals surface area contributed by atoms with Gasteiger partial charge in [-0.15, -0.1) is 0 Å². The lowest BCUT2D eigenvalue weighted by Gasteiger charge is -2.58. The SMILES string of the molecule is O=C(CN1C(=O)C2(CCCCC2)C1c1ccccc1)NCc1cccnc1. The number of nitrogens with one attached hydrogen (secondary N) is 1. The number of carbonyl (C=O) groups excluding carboxylic acids is 2. The number of aromatic nitrogens is 1. The number of benzene rings is 1. The van der Waals surface area contributed by atoms with Crippen molar-refractivity contribution < 1.29 is 9.59 Å². The Hall–Kier alpha value is -2.69. The van der Waals surface area contributed by atoms with E-state index in [2.05, 4.69) is 22.4 Å². The minimum absolute atomic E-state index is 0.00985. The molecule has 5 nitrogen and oxygen atoms in total. The van der Waals surface area contributed by atoms with E-state index >= 15 is 0 Å². The molecule has 2 fully saturated rings. The summed E-state index contributed by atoms with van der Waals surface area (Å²) in [5.41, 5.74) is 1.78. The van der Waals surface area contributed by atoms with Crippen LogP contribution in [0, 0.1) is 5.41 Å². The Bertz CT molecular complexity index is 801. The first-order chi connectivity index (χ1) is 13.2. The van der Waals surface area contributed by atoms with E-state index in [-0.39, 0.29) is 29.8 Å². The minimum Gasteiger partial charge on any atom is -0.350 e. The van der Waals surface area contributed by atoms with Crippen LogP contribution in [-0.4, -0.2) is 28.2 Å². The Morgan fingerprint density at radius 3 is 2.59 bits per heavy atom. The van der Waals surface area contributed by atoms with Gasteiger partial charge in [-0.2, -0.15) is 0 Å². The molecule has 27 heavy (non-hydrogen) atoms. The van der Waals surface area contributed by atoms with Gasteiger partial charge in [0.2, 0.25) is 11.8 Å². The molecule has 1 spiro atoms. The van der Waals surface area contributed by atoms with Crippen LogP contribution in [0.25, 0.3) is 0 Å². The third kappa shape index (κ3) is 3.34. The van der Waals surface area contributed by atoms with Crippen molar-refractivity contribution in [3.05, 3.63) is 66.0 Å². The van der Waals surface area contributed by atoms with E-state index in [1.165, 1.54) is 6.42 Å². The first-order valence-corrected chi connectivity index (χ1v) is 9.72. The molecule has 2 aliphatic rings. The summed E-state index contributed by atoms with van der Waals surface area (Å²) in [7, 11) is 0. The Morgan fingerprint density at radius 2 is 1.89 bits per heavy atom. The summed E-state index contributed by atoms with van der Waals surface area (Å²) in [6.45, 7) is 0.538. The summed E-state index contributed by atoms with van der Waals surface area (Å²) in [5.74, 6) is 0.0198.